The van der Waals surface area contributed by atoms with E-state index in [4.69, 9.17) is 9.84 Å². The highest BCUT2D eigenvalue weighted by Gasteiger charge is 2.44. The van der Waals surface area contributed by atoms with Crippen molar-refractivity contribution in [2.24, 2.45) is 5.41 Å². The minimum atomic E-state index is -2.73. The first-order valence-corrected chi connectivity index (χ1v) is 11.8. The second-order valence-electron chi connectivity index (χ2n) is 9.70. The van der Waals surface area contributed by atoms with Crippen LogP contribution in [0.4, 0.5) is 13.6 Å². The molecule has 0 bridgehead atoms. The molecule has 1 aromatic heterocycles. The van der Waals surface area contributed by atoms with E-state index in [1.807, 2.05) is 18.9 Å². The van der Waals surface area contributed by atoms with Crippen LogP contribution in [0.25, 0.3) is 0 Å². The summed E-state index contributed by atoms with van der Waals surface area (Å²) in [5.74, 6) is -2.50. The molecule has 9 heteroatoms. The van der Waals surface area contributed by atoms with E-state index in [0.717, 1.165) is 50.0 Å². The van der Waals surface area contributed by atoms with Crippen molar-refractivity contribution in [3.63, 3.8) is 0 Å². The predicted molar refractivity (Wildman–Crippen MR) is 118 cm³/mol. The SMILES string of the molecule is CCOCC1(CC)CCC(c2c(CN(C)CCN(C)C(=O)O)nn3c2CC(F)(F)C3)CC1. The van der Waals surface area contributed by atoms with Gasteiger partial charge in [0.2, 0.25) is 0 Å². The monoisotopic (exact) mass is 456 g/mol. The number of amides is 1. The van der Waals surface area contributed by atoms with Gasteiger partial charge in [0.1, 0.15) is 6.54 Å². The normalized spacial score (nSPS) is 24.7. The fourth-order valence-electron chi connectivity index (χ4n) is 5.18. The van der Waals surface area contributed by atoms with E-state index in [1.54, 1.807) is 7.05 Å². The Kier molecular flexibility index (Phi) is 7.81. The number of aromatic nitrogens is 2. The number of fused-ring (bicyclic) bond motifs is 1. The quantitative estimate of drug-likeness (QED) is 0.571. The summed E-state index contributed by atoms with van der Waals surface area (Å²) in [7, 11) is 3.46. The van der Waals surface area contributed by atoms with E-state index in [9.17, 15) is 13.6 Å². The summed E-state index contributed by atoms with van der Waals surface area (Å²) in [5.41, 5.74) is 2.77. The Morgan fingerprint density at radius 2 is 1.94 bits per heavy atom. The number of carbonyl (C=O) groups is 1. The van der Waals surface area contributed by atoms with Crippen molar-refractivity contribution in [3.05, 3.63) is 17.0 Å². The van der Waals surface area contributed by atoms with Gasteiger partial charge in [-0.05, 0) is 57.4 Å². The van der Waals surface area contributed by atoms with E-state index >= 15 is 0 Å². The Labute approximate surface area is 189 Å². The minimum absolute atomic E-state index is 0.186. The van der Waals surface area contributed by atoms with Crippen LogP contribution in [0.5, 0.6) is 0 Å². The summed E-state index contributed by atoms with van der Waals surface area (Å²) in [6.45, 7) is 6.83. The number of nitrogens with zero attached hydrogens (tertiary/aromatic N) is 4. The maximum Gasteiger partial charge on any atom is 0.407 e. The van der Waals surface area contributed by atoms with Crippen LogP contribution in [-0.4, -0.2) is 77.1 Å². The third kappa shape index (κ3) is 5.60. The first kappa shape index (κ1) is 24.9. The zero-order valence-corrected chi connectivity index (χ0v) is 19.9. The van der Waals surface area contributed by atoms with Gasteiger partial charge in [0.15, 0.2) is 0 Å². The van der Waals surface area contributed by atoms with E-state index in [2.05, 4.69) is 12.0 Å². The van der Waals surface area contributed by atoms with Gasteiger partial charge in [-0.25, -0.2) is 13.6 Å². The van der Waals surface area contributed by atoms with Crippen LogP contribution < -0.4 is 0 Å². The molecule has 1 saturated carbocycles. The van der Waals surface area contributed by atoms with Crippen LogP contribution in [0.3, 0.4) is 0 Å². The molecule has 32 heavy (non-hydrogen) atoms. The average molecular weight is 457 g/mol. The topological polar surface area (TPSA) is 70.8 Å². The molecule has 7 nitrogen and oxygen atoms in total. The van der Waals surface area contributed by atoms with Gasteiger partial charge in [-0.1, -0.05) is 6.92 Å². The second kappa shape index (κ2) is 10.0. The molecular weight excluding hydrogens is 418 g/mol. The third-order valence-corrected chi connectivity index (χ3v) is 7.36. The summed E-state index contributed by atoms with van der Waals surface area (Å²) in [6.07, 6.45) is 3.86. The lowest BCUT2D eigenvalue weighted by Gasteiger charge is -2.40. The van der Waals surface area contributed by atoms with Gasteiger partial charge in [0.05, 0.1) is 18.7 Å². The van der Waals surface area contributed by atoms with Crippen molar-refractivity contribution < 1.29 is 23.4 Å². The maximum absolute atomic E-state index is 14.2. The third-order valence-electron chi connectivity index (χ3n) is 7.36. The van der Waals surface area contributed by atoms with Crippen molar-refractivity contribution in [1.82, 2.24) is 19.6 Å². The van der Waals surface area contributed by atoms with E-state index in [-0.39, 0.29) is 24.3 Å². The molecule has 0 radical (unpaired) electrons. The summed E-state index contributed by atoms with van der Waals surface area (Å²) in [5, 5.41) is 13.7. The number of rotatable bonds is 10. The molecular formula is C23H38F2N4O3. The number of ether oxygens (including phenoxy) is 1. The predicted octanol–water partition coefficient (Wildman–Crippen LogP) is 4.21. The minimum Gasteiger partial charge on any atom is -0.465 e. The molecule has 0 unspecified atom stereocenters. The van der Waals surface area contributed by atoms with Crippen molar-refractivity contribution in [2.75, 3.05) is 40.4 Å². The first-order chi connectivity index (χ1) is 15.1. The van der Waals surface area contributed by atoms with Crippen LogP contribution in [-0.2, 0) is 24.2 Å². The Balaban J connectivity index is 1.75. The van der Waals surface area contributed by atoms with Crippen molar-refractivity contribution >= 4 is 6.09 Å². The summed E-state index contributed by atoms with van der Waals surface area (Å²) >= 11 is 0. The molecule has 3 rings (SSSR count). The lowest BCUT2D eigenvalue weighted by atomic mass is 9.67. The van der Waals surface area contributed by atoms with Gasteiger partial charge < -0.3 is 14.7 Å². The Hall–Kier alpha value is -1.74. The molecule has 0 atom stereocenters. The Morgan fingerprint density at radius 1 is 1.25 bits per heavy atom. The molecule has 0 spiro atoms. The highest BCUT2D eigenvalue weighted by Crippen LogP contribution is 2.48. The van der Waals surface area contributed by atoms with Gasteiger partial charge in [-0.2, -0.15) is 5.10 Å². The number of alkyl halides is 2. The van der Waals surface area contributed by atoms with Crippen LogP contribution in [0, 0.1) is 5.41 Å². The van der Waals surface area contributed by atoms with E-state index < -0.39 is 12.0 Å². The van der Waals surface area contributed by atoms with Gasteiger partial charge in [-0.3, -0.25) is 9.58 Å². The zero-order chi connectivity index (χ0) is 23.5. The lowest BCUT2D eigenvalue weighted by Crippen LogP contribution is -2.34. The van der Waals surface area contributed by atoms with Crippen molar-refractivity contribution in [1.29, 1.82) is 0 Å². The summed E-state index contributed by atoms with van der Waals surface area (Å²) < 4.78 is 35.6. The highest BCUT2D eigenvalue weighted by atomic mass is 19.3. The molecule has 0 saturated heterocycles. The van der Waals surface area contributed by atoms with E-state index in [0.29, 0.717) is 31.9 Å². The molecule has 182 valence electrons. The average Bonchev–Trinajstić information content (AvgIpc) is 3.21. The molecule has 0 aromatic carbocycles. The smallest absolute Gasteiger partial charge is 0.407 e. The standard InChI is InChI=1S/C23H38F2N4O3/c1-5-22(16-32-6-2)9-7-17(8-10-22)20-18(14-27(3)11-12-28(4)21(30)31)26-29-15-23(24,25)13-19(20)29/h17H,5-16H2,1-4H3,(H,30,31). The maximum atomic E-state index is 14.2. The zero-order valence-electron chi connectivity index (χ0n) is 19.9. The number of carboxylic acid groups (broad SMARTS) is 1. The second-order valence-corrected chi connectivity index (χ2v) is 9.70. The summed E-state index contributed by atoms with van der Waals surface area (Å²) in [4.78, 5) is 14.3. The molecule has 1 fully saturated rings. The van der Waals surface area contributed by atoms with Gasteiger partial charge in [-0.15, -0.1) is 0 Å². The van der Waals surface area contributed by atoms with Crippen molar-refractivity contribution in [3.8, 4) is 0 Å². The van der Waals surface area contributed by atoms with Crippen LogP contribution in [0.2, 0.25) is 0 Å². The number of hydrogen-bond donors (Lipinski definition) is 1. The number of hydrogen-bond acceptors (Lipinski definition) is 4. The van der Waals surface area contributed by atoms with Crippen LogP contribution >= 0.6 is 0 Å². The lowest BCUT2D eigenvalue weighted by molar-refractivity contribution is 0.000500. The molecule has 1 aliphatic heterocycles. The fraction of sp³-hybridized carbons (Fsp3) is 0.826. The fourth-order valence-corrected chi connectivity index (χ4v) is 5.18. The van der Waals surface area contributed by atoms with E-state index in [1.165, 1.54) is 9.58 Å². The largest absolute Gasteiger partial charge is 0.465 e. The van der Waals surface area contributed by atoms with Gasteiger partial charge >= 0.3 is 6.09 Å². The number of likely N-dealkylation sites (N-methyl/N-ethyl adjacent to an activating group) is 2. The van der Waals surface area contributed by atoms with Crippen LogP contribution in [0.1, 0.15) is 68.8 Å². The van der Waals surface area contributed by atoms with Gasteiger partial charge in [0, 0.05) is 44.5 Å². The molecule has 1 amide bonds. The first-order valence-electron chi connectivity index (χ1n) is 11.8. The van der Waals surface area contributed by atoms with Crippen LogP contribution in [0.15, 0.2) is 0 Å². The summed E-state index contributed by atoms with van der Waals surface area (Å²) in [6, 6.07) is 0. The molecule has 1 aliphatic carbocycles. The highest BCUT2D eigenvalue weighted by molar-refractivity contribution is 5.64. The molecule has 1 N–H and O–H groups in total. The Bertz CT molecular complexity index is 790. The Morgan fingerprint density at radius 3 is 2.53 bits per heavy atom. The van der Waals surface area contributed by atoms with Gasteiger partial charge in [0.25, 0.3) is 5.92 Å². The molecule has 2 aliphatic rings. The molecule has 2 heterocycles. The van der Waals surface area contributed by atoms with Crippen molar-refractivity contribution in [2.45, 2.75) is 77.3 Å². The molecule has 1 aromatic rings. The number of halogens is 2.